The minimum absolute atomic E-state index is 0.0575. The van der Waals surface area contributed by atoms with Crippen molar-refractivity contribution < 1.29 is 4.79 Å². The van der Waals surface area contributed by atoms with Crippen LogP contribution in [0.2, 0.25) is 0 Å². The van der Waals surface area contributed by atoms with Crippen molar-refractivity contribution in [1.29, 1.82) is 0 Å². The third kappa shape index (κ3) is 4.80. The van der Waals surface area contributed by atoms with Gasteiger partial charge in [-0.1, -0.05) is 25.0 Å². The summed E-state index contributed by atoms with van der Waals surface area (Å²) in [6, 6.07) is 12.5. The van der Waals surface area contributed by atoms with Gasteiger partial charge in [0.25, 0.3) is 5.56 Å². The topological polar surface area (TPSA) is 115 Å². The highest BCUT2D eigenvalue weighted by Crippen LogP contribution is 2.24. The summed E-state index contributed by atoms with van der Waals surface area (Å²) in [6.45, 7) is 1.48. The van der Waals surface area contributed by atoms with Crippen molar-refractivity contribution in [3.63, 3.8) is 0 Å². The Balaban J connectivity index is 1.62. The Morgan fingerprint density at radius 2 is 2.00 bits per heavy atom. The molecule has 0 aliphatic heterocycles. The molecule has 0 radical (unpaired) electrons. The highest BCUT2D eigenvalue weighted by atomic mass is 16.1. The Bertz CT molecular complexity index is 1140. The highest BCUT2D eigenvalue weighted by Gasteiger charge is 2.23. The summed E-state index contributed by atoms with van der Waals surface area (Å²) in [5.74, 6) is 0.705. The number of ketones is 1. The monoisotopic (exact) mass is 418 g/mol. The van der Waals surface area contributed by atoms with Gasteiger partial charge in [0.1, 0.15) is 5.82 Å². The van der Waals surface area contributed by atoms with Gasteiger partial charge >= 0.3 is 0 Å². The first-order valence-electron chi connectivity index (χ1n) is 10.5. The molecule has 1 saturated carbocycles. The van der Waals surface area contributed by atoms with Crippen LogP contribution in [0.1, 0.15) is 43.0 Å². The summed E-state index contributed by atoms with van der Waals surface area (Å²) in [5.41, 5.74) is 7.91. The van der Waals surface area contributed by atoms with Gasteiger partial charge in [-0.3, -0.25) is 14.2 Å². The van der Waals surface area contributed by atoms with Crippen LogP contribution in [0, 0.1) is 0 Å². The molecular formula is C23H26N6O2. The molecule has 1 fully saturated rings. The molecule has 1 aliphatic rings. The molecule has 2 aromatic heterocycles. The van der Waals surface area contributed by atoms with Gasteiger partial charge in [0, 0.05) is 36.2 Å². The van der Waals surface area contributed by atoms with E-state index in [9.17, 15) is 9.59 Å². The number of aromatic nitrogens is 3. The summed E-state index contributed by atoms with van der Waals surface area (Å²) in [6.07, 6.45) is 7.43. The number of pyridine rings is 1. The Labute approximate surface area is 180 Å². The second kappa shape index (κ2) is 9.09. The molecular weight excluding hydrogens is 392 g/mol. The van der Waals surface area contributed by atoms with Crippen LogP contribution in [0.4, 0.5) is 17.5 Å². The Kier molecular flexibility index (Phi) is 6.08. The lowest BCUT2D eigenvalue weighted by Gasteiger charge is -2.29. The second-order valence-corrected chi connectivity index (χ2v) is 7.80. The summed E-state index contributed by atoms with van der Waals surface area (Å²) in [4.78, 5) is 33.2. The number of Topliss-reactive ketones (excluding diaryl/α,β-unsaturated/α-hetero) is 1. The number of hydrogen-bond acceptors (Lipinski definition) is 7. The van der Waals surface area contributed by atoms with Gasteiger partial charge in [-0.2, -0.15) is 4.98 Å². The fourth-order valence-electron chi connectivity index (χ4n) is 3.82. The van der Waals surface area contributed by atoms with Crippen molar-refractivity contribution >= 4 is 23.2 Å². The van der Waals surface area contributed by atoms with E-state index in [4.69, 9.17) is 5.73 Å². The SMILES string of the molecule is CC(=O)c1cnc(N[C@@H]2CCCC[C@@H]2N)nc1Nc1cccc(-n2ccccc2=O)c1. The lowest BCUT2D eigenvalue weighted by Crippen LogP contribution is -2.43. The average molecular weight is 419 g/mol. The maximum absolute atomic E-state index is 12.2. The first-order chi connectivity index (χ1) is 15.0. The lowest BCUT2D eigenvalue weighted by atomic mass is 9.91. The second-order valence-electron chi connectivity index (χ2n) is 7.80. The van der Waals surface area contributed by atoms with E-state index in [2.05, 4.69) is 20.6 Å². The van der Waals surface area contributed by atoms with Gasteiger partial charge in [0.05, 0.1) is 11.3 Å². The zero-order chi connectivity index (χ0) is 21.8. The first-order valence-corrected chi connectivity index (χ1v) is 10.5. The van der Waals surface area contributed by atoms with Crippen LogP contribution in [0.25, 0.3) is 5.69 Å². The van der Waals surface area contributed by atoms with E-state index in [1.165, 1.54) is 19.2 Å². The van der Waals surface area contributed by atoms with Crippen LogP contribution < -0.4 is 21.9 Å². The number of nitrogens with zero attached hydrogens (tertiary/aromatic N) is 3. The molecule has 8 heteroatoms. The van der Waals surface area contributed by atoms with Crippen LogP contribution in [0.3, 0.4) is 0 Å². The van der Waals surface area contributed by atoms with E-state index >= 15 is 0 Å². The van der Waals surface area contributed by atoms with E-state index in [-0.39, 0.29) is 23.4 Å². The van der Waals surface area contributed by atoms with Gasteiger partial charge in [0.2, 0.25) is 5.95 Å². The largest absolute Gasteiger partial charge is 0.350 e. The fourth-order valence-corrected chi connectivity index (χ4v) is 3.82. The molecule has 0 spiro atoms. The van der Waals surface area contributed by atoms with E-state index in [1.54, 1.807) is 22.9 Å². The molecule has 3 aromatic rings. The van der Waals surface area contributed by atoms with Crippen LogP contribution in [-0.4, -0.2) is 32.4 Å². The number of nitrogens with one attached hydrogen (secondary N) is 2. The summed E-state index contributed by atoms with van der Waals surface area (Å²) in [7, 11) is 0. The van der Waals surface area contributed by atoms with Crippen molar-refractivity contribution in [3.05, 3.63) is 70.8 Å². The van der Waals surface area contributed by atoms with Gasteiger partial charge < -0.3 is 16.4 Å². The number of anilines is 3. The molecule has 1 aromatic carbocycles. The highest BCUT2D eigenvalue weighted by molar-refractivity contribution is 5.99. The van der Waals surface area contributed by atoms with Crippen molar-refractivity contribution in [2.45, 2.75) is 44.7 Å². The number of rotatable bonds is 6. The molecule has 2 heterocycles. The Hall–Kier alpha value is -3.52. The quantitative estimate of drug-likeness (QED) is 0.526. The molecule has 2 atom stereocenters. The zero-order valence-corrected chi connectivity index (χ0v) is 17.4. The number of carbonyl (C=O) groups is 1. The molecule has 1 aliphatic carbocycles. The van der Waals surface area contributed by atoms with Crippen molar-refractivity contribution in [1.82, 2.24) is 14.5 Å². The molecule has 8 nitrogen and oxygen atoms in total. The zero-order valence-electron chi connectivity index (χ0n) is 17.4. The van der Waals surface area contributed by atoms with E-state index in [0.717, 1.165) is 25.7 Å². The molecule has 0 amide bonds. The molecule has 0 unspecified atom stereocenters. The van der Waals surface area contributed by atoms with Gasteiger partial charge in [-0.05, 0) is 44.0 Å². The van der Waals surface area contributed by atoms with E-state index in [1.807, 2.05) is 24.3 Å². The van der Waals surface area contributed by atoms with Gasteiger partial charge in [0.15, 0.2) is 5.78 Å². The molecule has 4 N–H and O–H groups in total. The minimum atomic E-state index is -0.140. The molecule has 0 saturated heterocycles. The predicted molar refractivity (Wildman–Crippen MR) is 121 cm³/mol. The first kappa shape index (κ1) is 20.7. The average Bonchev–Trinajstić information content (AvgIpc) is 2.76. The number of nitrogens with two attached hydrogens (primary N) is 1. The van der Waals surface area contributed by atoms with Crippen LogP contribution in [0.15, 0.2) is 59.7 Å². The van der Waals surface area contributed by atoms with Gasteiger partial charge in [-0.15, -0.1) is 0 Å². The maximum atomic E-state index is 12.2. The molecule has 31 heavy (non-hydrogen) atoms. The van der Waals surface area contributed by atoms with E-state index < -0.39 is 0 Å². The maximum Gasteiger partial charge on any atom is 0.255 e. The van der Waals surface area contributed by atoms with Gasteiger partial charge in [-0.25, -0.2) is 4.98 Å². The summed E-state index contributed by atoms with van der Waals surface area (Å²) in [5, 5.41) is 6.54. The van der Waals surface area contributed by atoms with Crippen molar-refractivity contribution in [3.8, 4) is 5.69 Å². The summed E-state index contributed by atoms with van der Waals surface area (Å²) < 4.78 is 1.55. The number of carbonyl (C=O) groups excluding carboxylic acids is 1. The van der Waals surface area contributed by atoms with E-state index in [0.29, 0.717) is 28.7 Å². The number of benzene rings is 1. The van der Waals surface area contributed by atoms with Crippen molar-refractivity contribution in [2.24, 2.45) is 5.73 Å². The van der Waals surface area contributed by atoms with Crippen molar-refractivity contribution in [2.75, 3.05) is 10.6 Å². The smallest absolute Gasteiger partial charge is 0.255 e. The molecule has 0 bridgehead atoms. The Morgan fingerprint density at radius 1 is 1.16 bits per heavy atom. The minimum Gasteiger partial charge on any atom is -0.350 e. The molecule has 160 valence electrons. The lowest BCUT2D eigenvalue weighted by molar-refractivity contribution is 0.101. The summed E-state index contributed by atoms with van der Waals surface area (Å²) >= 11 is 0. The third-order valence-electron chi connectivity index (χ3n) is 5.51. The predicted octanol–water partition coefficient (Wildman–Crippen LogP) is 3.26. The normalized spacial score (nSPS) is 18.4. The standard InChI is InChI=1S/C23H26N6O2/c1-15(30)18-14-25-23(27-20-10-3-2-9-19(20)24)28-22(18)26-16-7-6-8-17(13-16)29-12-5-4-11-21(29)31/h4-8,11-14,19-20H,2-3,9-10,24H2,1H3,(H2,25,26,27,28)/t19-,20+/m0/s1. The fraction of sp³-hybridized carbons (Fsp3) is 0.304. The van der Waals surface area contributed by atoms with Crippen LogP contribution in [-0.2, 0) is 0 Å². The third-order valence-corrected chi connectivity index (χ3v) is 5.51. The Morgan fingerprint density at radius 3 is 2.77 bits per heavy atom. The number of hydrogen-bond donors (Lipinski definition) is 3. The van der Waals surface area contributed by atoms with Crippen LogP contribution >= 0.6 is 0 Å². The van der Waals surface area contributed by atoms with Crippen LogP contribution in [0.5, 0.6) is 0 Å². The molecule has 4 rings (SSSR count).